The van der Waals surface area contributed by atoms with Gasteiger partial charge in [0.1, 0.15) is 11.7 Å². The van der Waals surface area contributed by atoms with Gasteiger partial charge in [0.25, 0.3) is 5.91 Å². The maximum absolute atomic E-state index is 13.5. The van der Waals surface area contributed by atoms with E-state index in [4.69, 9.17) is 9.57 Å². The zero-order valence-electron chi connectivity index (χ0n) is 16.6. The maximum atomic E-state index is 13.5. The molecule has 3 atom stereocenters. The van der Waals surface area contributed by atoms with E-state index < -0.39 is 18.1 Å². The van der Waals surface area contributed by atoms with Crippen molar-refractivity contribution in [1.82, 2.24) is 0 Å². The van der Waals surface area contributed by atoms with Crippen LogP contribution >= 0.6 is 15.9 Å². The van der Waals surface area contributed by atoms with Gasteiger partial charge in [-0.1, -0.05) is 42.5 Å². The van der Waals surface area contributed by atoms with Gasteiger partial charge in [-0.15, -0.1) is 0 Å². The van der Waals surface area contributed by atoms with Crippen LogP contribution in [0.3, 0.4) is 0 Å². The molecule has 3 aromatic carbocycles. The summed E-state index contributed by atoms with van der Waals surface area (Å²) in [6, 6.07) is 23.6. The van der Waals surface area contributed by atoms with Crippen LogP contribution in [0.1, 0.15) is 11.6 Å². The average molecular weight is 479 g/mol. The van der Waals surface area contributed by atoms with E-state index in [0.29, 0.717) is 11.4 Å². The number of benzene rings is 3. The second kappa shape index (κ2) is 7.83. The number of para-hydroxylation sites is 2. The fourth-order valence-corrected chi connectivity index (χ4v) is 4.81. The van der Waals surface area contributed by atoms with E-state index in [1.165, 1.54) is 4.90 Å². The number of amides is 2. The Balaban J connectivity index is 1.60. The minimum absolute atomic E-state index is 0.267. The highest BCUT2D eigenvalue weighted by atomic mass is 79.9. The average Bonchev–Trinajstić information content (AvgIpc) is 3.31. The number of hydroxylamine groups is 1. The van der Waals surface area contributed by atoms with Crippen LogP contribution in [0.2, 0.25) is 0 Å². The molecule has 31 heavy (non-hydrogen) atoms. The molecule has 7 heteroatoms. The lowest BCUT2D eigenvalue weighted by Gasteiger charge is -2.29. The Bertz CT molecular complexity index is 1140. The highest BCUT2D eigenvalue weighted by Crippen LogP contribution is 2.48. The smallest absolute Gasteiger partial charge is 0.266 e. The Morgan fingerprint density at radius 3 is 2.13 bits per heavy atom. The summed E-state index contributed by atoms with van der Waals surface area (Å²) in [6.07, 6.45) is -0.890. The topological polar surface area (TPSA) is 59.1 Å². The second-order valence-corrected chi connectivity index (χ2v) is 8.25. The minimum Gasteiger partial charge on any atom is -0.496 e. The van der Waals surface area contributed by atoms with Gasteiger partial charge < -0.3 is 4.74 Å². The molecule has 2 heterocycles. The van der Waals surface area contributed by atoms with Crippen molar-refractivity contribution in [3.8, 4) is 5.75 Å². The van der Waals surface area contributed by atoms with Crippen LogP contribution in [0.5, 0.6) is 5.75 Å². The van der Waals surface area contributed by atoms with Gasteiger partial charge in [0.05, 0.1) is 29.0 Å². The molecule has 3 aromatic rings. The number of hydrogen-bond donors (Lipinski definition) is 0. The van der Waals surface area contributed by atoms with Crippen molar-refractivity contribution in [1.29, 1.82) is 0 Å². The molecular formula is C24H19BrN2O4. The van der Waals surface area contributed by atoms with Crippen LogP contribution in [-0.2, 0) is 14.4 Å². The van der Waals surface area contributed by atoms with Crippen molar-refractivity contribution >= 4 is 39.1 Å². The van der Waals surface area contributed by atoms with E-state index in [0.717, 1.165) is 15.7 Å². The summed E-state index contributed by atoms with van der Waals surface area (Å²) < 4.78 is 6.12. The first kappa shape index (κ1) is 19.8. The largest absolute Gasteiger partial charge is 0.496 e. The number of methoxy groups -OCH3 is 1. The third-order valence-corrected chi connectivity index (χ3v) is 6.28. The normalized spacial score (nSPS) is 22.7. The summed E-state index contributed by atoms with van der Waals surface area (Å²) in [6.45, 7) is 0. The van der Waals surface area contributed by atoms with Gasteiger partial charge in [-0.3, -0.25) is 14.4 Å². The van der Waals surface area contributed by atoms with Crippen LogP contribution in [0.25, 0.3) is 0 Å². The molecule has 0 aliphatic carbocycles. The predicted octanol–water partition coefficient (Wildman–Crippen LogP) is 4.51. The summed E-state index contributed by atoms with van der Waals surface area (Å²) in [5, 5.41) is 1.68. The fraction of sp³-hybridized carbons (Fsp3) is 0.167. The Labute approximate surface area is 188 Å². The van der Waals surface area contributed by atoms with Gasteiger partial charge >= 0.3 is 0 Å². The molecule has 156 valence electrons. The first-order valence-corrected chi connectivity index (χ1v) is 10.7. The van der Waals surface area contributed by atoms with Gasteiger partial charge in [0.2, 0.25) is 5.91 Å². The molecule has 2 amide bonds. The number of ether oxygens (including phenoxy) is 1. The van der Waals surface area contributed by atoms with E-state index in [1.807, 2.05) is 54.6 Å². The van der Waals surface area contributed by atoms with E-state index in [2.05, 4.69) is 15.9 Å². The molecule has 5 rings (SSSR count). The predicted molar refractivity (Wildman–Crippen MR) is 120 cm³/mol. The first-order chi connectivity index (χ1) is 15.1. The van der Waals surface area contributed by atoms with Gasteiger partial charge in [0.15, 0.2) is 6.10 Å². The lowest BCUT2D eigenvalue weighted by molar-refractivity contribution is -0.126. The summed E-state index contributed by atoms with van der Waals surface area (Å²) >= 11 is 3.53. The Morgan fingerprint density at radius 2 is 1.52 bits per heavy atom. The van der Waals surface area contributed by atoms with Crippen molar-refractivity contribution in [2.24, 2.45) is 5.92 Å². The zero-order valence-corrected chi connectivity index (χ0v) is 18.2. The van der Waals surface area contributed by atoms with Crippen molar-refractivity contribution in [3.63, 3.8) is 0 Å². The number of hydrogen-bond acceptors (Lipinski definition) is 5. The summed E-state index contributed by atoms with van der Waals surface area (Å²) in [5.74, 6) is -0.604. The quantitative estimate of drug-likeness (QED) is 0.516. The molecule has 0 unspecified atom stereocenters. The van der Waals surface area contributed by atoms with Crippen LogP contribution in [0.4, 0.5) is 11.4 Å². The van der Waals surface area contributed by atoms with Crippen LogP contribution in [0.15, 0.2) is 83.3 Å². The van der Waals surface area contributed by atoms with E-state index in [1.54, 1.807) is 36.4 Å². The maximum Gasteiger partial charge on any atom is 0.266 e. The van der Waals surface area contributed by atoms with Gasteiger partial charge in [0, 0.05) is 0 Å². The van der Waals surface area contributed by atoms with Gasteiger partial charge in [-0.2, -0.15) is 0 Å². The minimum atomic E-state index is -0.890. The lowest BCUT2D eigenvalue weighted by Crippen LogP contribution is -2.37. The molecule has 0 saturated carbocycles. The first-order valence-electron chi connectivity index (χ1n) is 9.87. The van der Waals surface area contributed by atoms with E-state index >= 15 is 0 Å². The number of fused-ring (bicyclic) bond motifs is 1. The van der Waals surface area contributed by atoms with Crippen LogP contribution in [0, 0.1) is 5.92 Å². The van der Waals surface area contributed by atoms with Crippen molar-refractivity contribution < 1.29 is 19.2 Å². The Morgan fingerprint density at radius 1 is 0.871 bits per heavy atom. The molecule has 2 fully saturated rings. The van der Waals surface area contributed by atoms with E-state index in [9.17, 15) is 9.59 Å². The Kier molecular flexibility index (Phi) is 5.00. The molecule has 0 N–H and O–H groups in total. The standard InChI is InChI=1S/C24H19BrN2O4/c1-30-19-13-12-15(14-18(19)25)21-20-22(31-27(21)17-10-6-3-7-11-17)24(29)26(23(20)28)16-8-4-2-5-9-16/h2-14,20-22H,1H3/t20-,21-,22-/m1/s1. The van der Waals surface area contributed by atoms with Gasteiger partial charge in [-0.05, 0) is 57.9 Å². The molecule has 6 nitrogen and oxygen atoms in total. The summed E-state index contributed by atoms with van der Waals surface area (Å²) in [7, 11) is 1.60. The van der Waals surface area contributed by atoms with Crippen molar-refractivity contribution in [2.75, 3.05) is 17.1 Å². The zero-order chi connectivity index (χ0) is 21.5. The number of anilines is 2. The summed E-state index contributed by atoms with van der Waals surface area (Å²) in [4.78, 5) is 34.2. The van der Waals surface area contributed by atoms with Crippen molar-refractivity contribution in [3.05, 3.63) is 88.9 Å². The molecule has 0 aromatic heterocycles. The number of imide groups is 1. The monoisotopic (exact) mass is 478 g/mol. The number of rotatable bonds is 4. The van der Waals surface area contributed by atoms with Crippen LogP contribution < -0.4 is 14.7 Å². The number of nitrogens with zero attached hydrogens (tertiary/aromatic N) is 2. The molecule has 2 aliphatic heterocycles. The molecule has 0 bridgehead atoms. The number of halogens is 1. The Hall–Kier alpha value is -3.16. The second-order valence-electron chi connectivity index (χ2n) is 7.40. The SMILES string of the molecule is COc1ccc([C@@H]2[C@H]3C(=O)N(c4ccccc4)C(=O)[C@@H]3ON2c2ccccc2)cc1Br. The molecular weight excluding hydrogens is 460 g/mol. The third-order valence-electron chi connectivity index (χ3n) is 5.66. The molecule has 2 aliphatic rings. The van der Waals surface area contributed by atoms with E-state index in [-0.39, 0.29) is 11.8 Å². The highest BCUT2D eigenvalue weighted by Gasteiger charge is 2.60. The highest BCUT2D eigenvalue weighted by molar-refractivity contribution is 9.10. The number of carbonyl (C=O) groups excluding carboxylic acids is 2. The van der Waals surface area contributed by atoms with Crippen molar-refractivity contribution in [2.45, 2.75) is 12.1 Å². The molecule has 0 radical (unpaired) electrons. The number of carbonyl (C=O) groups is 2. The molecule has 0 spiro atoms. The third kappa shape index (κ3) is 3.21. The lowest BCUT2D eigenvalue weighted by atomic mass is 9.90. The molecule has 2 saturated heterocycles. The van der Waals surface area contributed by atoms with Gasteiger partial charge in [-0.25, -0.2) is 9.96 Å². The fourth-order valence-electron chi connectivity index (χ4n) is 4.25. The summed E-state index contributed by atoms with van der Waals surface area (Å²) in [5.41, 5.74) is 2.18. The van der Waals surface area contributed by atoms with Crippen LogP contribution in [-0.4, -0.2) is 25.0 Å².